The Morgan fingerprint density at radius 1 is 1.15 bits per heavy atom. The van der Waals surface area contributed by atoms with E-state index in [2.05, 4.69) is 52.6 Å². The molecule has 4 aliphatic rings. The van der Waals surface area contributed by atoms with E-state index in [4.69, 9.17) is 15.5 Å². The first-order valence-electron chi connectivity index (χ1n) is 14.9. The lowest BCUT2D eigenvalue weighted by molar-refractivity contribution is -0.117. The molecule has 3 heterocycles. The molecule has 1 unspecified atom stereocenters. The molecule has 0 radical (unpaired) electrons. The van der Waals surface area contributed by atoms with Crippen molar-refractivity contribution in [1.29, 1.82) is 0 Å². The zero-order chi connectivity index (χ0) is 27.2. The van der Waals surface area contributed by atoms with Gasteiger partial charge < -0.3 is 24.5 Å². The molecule has 3 saturated carbocycles. The molecule has 0 spiro atoms. The van der Waals surface area contributed by atoms with Gasteiger partial charge in [0.2, 0.25) is 0 Å². The van der Waals surface area contributed by atoms with Crippen molar-refractivity contribution in [3.63, 3.8) is 0 Å². The fraction of sp³-hybridized carbons (Fsp3) is 0.455. The number of piperidine rings is 1. The molecule has 0 bridgehead atoms. The van der Waals surface area contributed by atoms with Crippen molar-refractivity contribution in [2.24, 2.45) is 30.0 Å². The number of hydrogen-bond acceptors (Lipinski definition) is 4. The SMILES string of the molecule is COc1cc(C(=O)N2C[C@]3(CN)CCC23)cc2nc(-c3cc4ccc(/C=C/C5CC5)cc4n3CC3CC3)n(C)c12. The Morgan fingerprint density at radius 3 is 2.67 bits per heavy atom. The number of aromatic nitrogens is 3. The summed E-state index contributed by atoms with van der Waals surface area (Å²) in [6.07, 6.45) is 12.0. The van der Waals surface area contributed by atoms with Gasteiger partial charge in [-0.25, -0.2) is 4.98 Å². The van der Waals surface area contributed by atoms with Crippen LogP contribution in [-0.2, 0) is 13.6 Å². The van der Waals surface area contributed by atoms with Gasteiger partial charge in [0, 0.05) is 54.6 Å². The summed E-state index contributed by atoms with van der Waals surface area (Å²) in [4.78, 5) is 20.7. The third-order valence-corrected chi connectivity index (χ3v) is 10.0. The van der Waals surface area contributed by atoms with Crippen molar-refractivity contribution in [2.45, 2.75) is 51.1 Å². The minimum atomic E-state index is 0.0517. The van der Waals surface area contributed by atoms with Crippen LogP contribution in [0, 0.1) is 17.3 Å². The van der Waals surface area contributed by atoms with E-state index >= 15 is 0 Å². The molecule has 1 amide bonds. The number of ether oxygens (including phenoxy) is 1. The highest BCUT2D eigenvalue weighted by atomic mass is 16.5. The van der Waals surface area contributed by atoms with Gasteiger partial charge in [-0.05, 0) is 80.2 Å². The highest BCUT2D eigenvalue weighted by Gasteiger charge is 2.59. The van der Waals surface area contributed by atoms with E-state index in [1.807, 2.05) is 17.0 Å². The van der Waals surface area contributed by atoms with Crippen molar-refractivity contribution in [2.75, 3.05) is 20.2 Å². The molecule has 3 aliphatic carbocycles. The maximum atomic E-state index is 13.6. The Bertz CT molecular complexity index is 1700. The molecule has 7 nitrogen and oxygen atoms in total. The molecule has 2 aromatic heterocycles. The zero-order valence-corrected chi connectivity index (χ0v) is 23.4. The van der Waals surface area contributed by atoms with Crippen LogP contribution < -0.4 is 10.5 Å². The standard InChI is InChI=1S/C33H37N5O2/c1-36-30-25(14-24(16-28(30)40-2)32(39)38-19-33(18-34)12-11-29(33)38)35-31(36)27-15-23-10-9-21(6-5-20-3-4-20)13-26(23)37(27)17-22-7-8-22/h5-6,9-10,13-16,20,22,29H,3-4,7-8,11-12,17-19,34H2,1-2H3/b6-5+/t29?,33-/m1/s1. The number of fused-ring (bicyclic) bond motifs is 3. The van der Waals surface area contributed by atoms with Crippen LogP contribution in [0.25, 0.3) is 39.5 Å². The summed E-state index contributed by atoms with van der Waals surface area (Å²) in [5, 5.41) is 1.23. The third-order valence-electron chi connectivity index (χ3n) is 10.0. The normalized spacial score (nSPS) is 24.0. The minimum absolute atomic E-state index is 0.0517. The van der Waals surface area contributed by atoms with Gasteiger partial charge in [0.05, 0.1) is 18.3 Å². The number of likely N-dealkylation sites (tertiary alicyclic amines) is 1. The molecule has 2 atom stereocenters. The Labute approximate surface area is 234 Å². The quantitative estimate of drug-likeness (QED) is 0.319. The number of imidazole rings is 1. The summed E-state index contributed by atoms with van der Waals surface area (Å²) >= 11 is 0. The average Bonchev–Trinajstić information content (AvgIpc) is 3.89. The van der Waals surface area contributed by atoms with Crippen molar-refractivity contribution in [3.8, 4) is 17.3 Å². The van der Waals surface area contributed by atoms with Gasteiger partial charge in [-0.2, -0.15) is 0 Å². The number of nitrogens with two attached hydrogens (primary N) is 1. The summed E-state index contributed by atoms with van der Waals surface area (Å²) in [5.74, 6) is 3.11. The minimum Gasteiger partial charge on any atom is -0.494 e. The van der Waals surface area contributed by atoms with E-state index in [0.29, 0.717) is 17.9 Å². The second-order valence-corrected chi connectivity index (χ2v) is 12.7. The number of methoxy groups -OCH3 is 1. The van der Waals surface area contributed by atoms with E-state index in [1.54, 1.807) is 7.11 Å². The first kappa shape index (κ1) is 24.2. The van der Waals surface area contributed by atoms with Gasteiger partial charge in [0.1, 0.15) is 11.3 Å². The molecule has 40 heavy (non-hydrogen) atoms. The fourth-order valence-corrected chi connectivity index (χ4v) is 7.04. The predicted molar refractivity (Wildman–Crippen MR) is 158 cm³/mol. The van der Waals surface area contributed by atoms with Gasteiger partial charge in [-0.3, -0.25) is 4.79 Å². The molecular formula is C33H37N5O2. The monoisotopic (exact) mass is 535 g/mol. The van der Waals surface area contributed by atoms with Crippen LogP contribution in [0.2, 0.25) is 0 Å². The van der Waals surface area contributed by atoms with E-state index < -0.39 is 0 Å². The number of carbonyl (C=O) groups is 1. The second-order valence-electron chi connectivity index (χ2n) is 12.7. The van der Waals surface area contributed by atoms with Crippen LogP contribution in [-0.4, -0.2) is 51.2 Å². The highest BCUT2D eigenvalue weighted by molar-refractivity contribution is 6.01. The Kier molecular flexibility index (Phi) is 5.28. The zero-order valence-electron chi connectivity index (χ0n) is 23.4. The number of rotatable bonds is 8. The first-order valence-corrected chi connectivity index (χ1v) is 14.9. The number of allylic oxidation sites excluding steroid dienone is 1. The van der Waals surface area contributed by atoms with Gasteiger partial charge in [0.15, 0.2) is 5.82 Å². The molecular weight excluding hydrogens is 498 g/mol. The number of nitrogens with zero attached hydrogens (tertiary/aromatic N) is 4. The van der Waals surface area contributed by atoms with Crippen LogP contribution in [0.15, 0.2) is 42.5 Å². The van der Waals surface area contributed by atoms with Gasteiger partial charge >= 0.3 is 0 Å². The predicted octanol–water partition coefficient (Wildman–Crippen LogP) is 5.60. The number of benzene rings is 2. The van der Waals surface area contributed by atoms with E-state index in [0.717, 1.165) is 60.3 Å². The van der Waals surface area contributed by atoms with E-state index in [1.165, 1.54) is 42.1 Å². The van der Waals surface area contributed by atoms with Crippen molar-refractivity contribution in [1.82, 2.24) is 19.0 Å². The van der Waals surface area contributed by atoms with Crippen LogP contribution in [0.4, 0.5) is 0 Å². The van der Waals surface area contributed by atoms with Crippen LogP contribution in [0.3, 0.4) is 0 Å². The molecule has 1 aliphatic heterocycles. The van der Waals surface area contributed by atoms with Gasteiger partial charge in [-0.1, -0.05) is 24.3 Å². The average molecular weight is 536 g/mol. The summed E-state index contributed by atoms with van der Waals surface area (Å²) in [6.45, 7) is 2.40. The Hall–Kier alpha value is -3.58. The first-order chi connectivity index (χ1) is 19.5. The highest BCUT2D eigenvalue weighted by Crippen LogP contribution is 2.53. The van der Waals surface area contributed by atoms with E-state index in [-0.39, 0.29) is 17.4 Å². The smallest absolute Gasteiger partial charge is 0.254 e. The second kappa shape index (κ2) is 8.71. The topological polar surface area (TPSA) is 78.3 Å². The molecule has 206 valence electrons. The maximum absolute atomic E-state index is 13.6. The number of amides is 1. The largest absolute Gasteiger partial charge is 0.494 e. The maximum Gasteiger partial charge on any atom is 0.254 e. The number of hydrogen-bond donors (Lipinski definition) is 1. The third kappa shape index (κ3) is 3.66. The van der Waals surface area contributed by atoms with Crippen LogP contribution in [0.5, 0.6) is 5.75 Å². The van der Waals surface area contributed by atoms with Crippen LogP contribution >= 0.6 is 0 Å². The van der Waals surface area contributed by atoms with Crippen molar-refractivity contribution >= 4 is 33.9 Å². The molecule has 2 N–H and O–H groups in total. The molecule has 8 rings (SSSR count). The summed E-state index contributed by atoms with van der Waals surface area (Å²) in [7, 11) is 3.72. The summed E-state index contributed by atoms with van der Waals surface area (Å²) < 4.78 is 10.4. The Balaban J connectivity index is 1.21. The van der Waals surface area contributed by atoms with E-state index in [9.17, 15) is 4.79 Å². The lowest BCUT2D eigenvalue weighted by Gasteiger charge is -2.64. The molecule has 4 fully saturated rings. The van der Waals surface area contributed by atoms with Gasteiger partial charge in [0.25, 0.3) is 5.91 Å². The van der Waals surface area contributed by atoms with Crippen molar-refractivity contribution in [3.05, 3.63) is 53.6 Å². The lowest BCUT2D eigenvalue weighted by atomic mass is 9.57. The van der Waals surface area contributed by atoms with Crippen molar-refractivity contribution < 1.29 is 9.53 Å². The Morgan fingerprint density at radius 2 is 2.00 bits per heavy atom. The van der Waals surface area contributed by atoms with Crippen LogP contribution in [0.1, 0.15) is 54.4 Å². The molecule has 1 saturated heterocycles. The number of carbonyl (C=O) groups excluding carboxylic acids is 1. The summed E-state index contributed by atoms with van der Waals surface area (Å²) in [5.41, 5.74) is 12.2. The number of aryl methyl sites for hydroxylation is 1. The molecule has 2 aromatic carbocycles. The molecule has 4 aromatic rings. The fourth-order valence-electron chi connectivity index (χ4n) is 7.04. The van der Waals surface area contributed by atoms with Gasteiger partial charge in [-0.15, -0.1) is 0 Å². The summed E-state index contributed by atoms with van der Waals surface area (Å²) in [6, 6.07) is 13.2. The lowest BCUT2D eigenvalue weighted by Crippen LogP contribution is -2.74. The molecule has 7 heteroatoms.